The Morgan fingerprint density at radius 1 is 0.955 bits per heavy atom. The monoisotopic (exact) mass is 659 g/mol. The van der Waals surface area contributed by atoms with Crippen LogP contribution in [0.3, 0.4) is 0 Å². The fourth-order valence-electron chi connectivity index (χ4n) is 5.47. The number of amides is 2. The van der Waals surface area contributed by atoms with Gasteiger partial charge in [0.25, 0.3) is 10.0 Å². The molecule has 1 saturated carbocycles. The summed E-state index contributed by atoms with van der Waals surface area (Å²) in [6.45, 7) is 4.99. The minimum absolute atomic E-state index is 0.0235. The van der Waals surface area contributed by atoms with Crippen LogP contribution in [0.4, 0.5) is 5.69 Å². The van der Waals surface area contributed by atoms with Crippen LogP contribution in [0, 0.1) is 13.8 Å². The first-order valence-corrected chi connectivity index (χ1v) is 16.9. The van der Waals surface area contributed by atoms with Gasteiger partial charge in [-0.3, -0.25) is 13.9 Å². The molecule has 1 unspecified atom stereocenters. The smallest absolute Gasteiger partial charge is 0.264 e. The average molecular weight is 661 g/mol. The maximum absolute atomic E-state index is 14.4. The number of methoxy groups -OCH3 is 1. The first-order valence-electron chi connectivity index (χ1n) is 14.7. The first-order chi connectivity index (χ1) is 20.9. The zero-order chi connectivity index (χ0) is 32.0. The highest BCUT2D eigenvalue weighted by Crippen LogP contribution is 2.34. The molecular weight excluding hydrogens is 621 g/mol. The van der Waals surface area contributed by atoms with Crippen molar-refractivity contribution >= 4 is 50.7 Å². The maximum atomic E-state index is 14.4. The van der Waals surface area contributed by atoms with Crippen LogP contribution >= 0.6 is 23.2 Å². The van der Waals surface area contributed by atoms with Gasteiger partial charge in [0.15, 0.2) is 0 Å². The normalized spacial score (nSPS) is 14.2. The third-order valence-electron chi connectivity index (χ3n) is 7.92. The van der Waals surface area contributed by atoms with E-state index in [0.717, 1.165) is 41.1 Å². The molecule has 1 fully saturated rings. The van der Waals surface area contributed by atoms with E-state index in [9.17, 15) is 18.0 Å². The molecule has 0 aromatic heterocycles. The lowest BCUT2D eigenvalue weighted by atomic mass is 10.1. The number of aryl methyl sites for hydroxylation is 2. The summed E-state index contributed by atoms with van der Waals surface area (Å²) in [7, 11) is -2.79. The van der Waals surface area contributed by atoms with Crippen LogP contribution in [0.25, 0.3) is 0 Å². The van der Waals surface area contributed by atoms with Gasteiger partial charge in [-0.2, -0.15) is 0 Å². The summed E-state index contributed by atoms with van der Waals surface area (Å²) < 4.78 is 35.0. The summed E-state index contributed by atoms with van der Waals surface area (Å²) in [4.78, 5) is 29.5. The molecule has 0 radical (unpaired) electrons. The third kappa shape index (κ3) is 7.86. The third-order valence-corrected chi connectivity index (χ3v) is 10.4. The maximum Gasteiger partial charge on any atom is 0.264 e. The standard InChI is InChI=1S/C33H39Cl2N3O5S/c1-5-29(33(40)36-25-8-6-7-9-25)37(20-24-13-16-27(34)28(35)19-24)32(39)21-38(30-18-23(3)12-17-31(30)43-4)44(41,42)26-14-10-22(2)11-15-26/h10-19,25,29H,5-9,20-21H2,1-4H3,(H,36,40). The molecule has 0 heterocycles. The number of nitrogens with one attached hydrogen (secondary N) is 1. The molecule has 11 heteroatoms. The highest BCUT2D eigenvalue weighted by Gasteiger charge is 2.35. The number of carbonyl (C=O) groups excluding carboxylic acids is 2. The molecule has 236 valence electrons. The second-order valence-corrected chi connectivity index (χ2v) is 13.9. The van der Waals surface area contributed by atoms with E-state index in [2.05, 4.69) is 5.32 Å². The lowest BCUT2D eigenvalue weighted by molar-refractivity contribution is -0.140. The van der Waals surface area contributed by atoms with Gasteiger partial charge in [-0.15, -0.1) is 0 Å². The number of benzene rings is 3. The molecule has 8 nitrogen and oxygen atoms in total. The van der Waals surface area contributed by atoms with Crippen LogP contribution in [0.5, 0.6) is 5.75 Å². The highest BCUT2D eigenvalue weighted by molar-refractivity contribution is 7.92. The second-order valence-electron chi connectivity index (χ2n) is 11.2. The molecular formula is C33H39Cl2N3O5S. The fraction of sp³-hybridized carbons (Fsp3) is 0.394. The van der Waals surface area contributed by atoms with Gasteiger partial charge in [-0.1, -0.05) is 72.8 Å². The van der Waals surface area contributed by atoms with Gasteiger partial charge in [-0.25, -0.2) is 8.42 Å². The van der Waals surface area contributed by atoms with Crippen LogP contribution in [-0.2, 0) is 26.2 Å². The van der Waals surface area contributed by atoms with Crippen molar-refractivity contribution in [1.29, 1.82) is 0 Å². The van der Waals surface area contributed by atoms with Gasteiger partial charge in [0.1, 0.15) is 18.3 Å². The Labute approximate surface area is 270 Å². The van der Waals surface area contributed by atoms with Crippen molar-refractivity contribution in [3.8, 4) is 5.75 Å². The minimum atomic E-state index is -4.24. The molecule has 1 aliphatic rings. The van der Waals surface area contributed by atoms with E-state index < -0.39 is 28.5 Å². The van der Waals surface area contributed by atoms with Gasteiger partial charge in [-0.05, 0) is 80.6 Å². The number of nitrogens with zero attached hydrogens (tertiary/aromatic N) is 2. The van der Waals surface area contributed by atoms with Crippen molar-refractivity contribution < 1.29 is 22.7 Å². The zero-order valence-electron chi connectivity index (χ0n) is 25.5. The Hall–Kier alpha value is -3.27. The lowest BCUT2D eigenvalue weighted by Gasteiger charge is -2.34. The van der Waals surface area contributed by atoms with Gasteiger partial charge in [0.05, 0.1) is 27.7 Å². The molecule has 0 saturated heterocycles. The van der Waals surface area contributed by atoms with Crippen LogP contribution in [-0.4, -0.2) is 50.9 Å². The van der Waals surface area contributed by atoms with Crippen molar-refractivity contribution in [3.05, 3.63) is 87.4 Å². The number of hydrogen-bond acceptors (Lipinski definition) is 5. The minimum Gasteiger partial charge on any atom is -0.495 e. The molecule has 3 aromatic carbocycles. The topological polar surface area (TPSA) is 96.0 Å². The lowest BCUT2D eigenvalue weighted by Crippen LogP contribution is -2.53. The van der Waals surface area contributed by atoms with Gasteiger partial charge in [0, 0.05) is 12.6 Å². The molecule has 4 rings (SSSR count). The fourth-order valence-corrected chi connectivity index (χ4v) is 7.20. The van der Waals surface area contributed by atoms with Gasteiger partial charge >= 0.3 is 0 Å². The van der Waals surface area contributed by atoms with E-state index in [4.69, 9.17) is 27.9 Å². The van der Waals surface area contributed by atoms with Gasteiger partial charge in [0.2, 0.25) is 11.8 Å². The Balaban J connectivity index is 1.78. The van der Waals surface area contributed by atoms with Crippen LogP contribution in [0.2, 0.25) is 10.0 Å². The number of sulfonamides is 1. The van der Waals surface area contributed by atoms with Crippen molar-refractivity contribution in [2.24, 2.45) is 0 Å². The quantitative estimate of drug-likeness (QED) is 0.234. The summed E-state index contributed by atoms with van der Waals surface area (Å²) in [5.41, 5.74) is 2.55. The van der Waals surface area contributed by atoms with E-state index in [-0.39, 0.29) is 29.1 Å². The second kappa shape index (κ2) is 14.7. The van der Waals surface area contributed by atoms with Gasteiger partial charge < -0.3 is 15.0 Å². The predicted octanol–water partition coefficient (Wildman–Crippen LogP) is 6.68. The van der Waals surface area contributed by atoms with Crippen LogP contribution in [0.15, 0.2) is 65.6 Å². The molecule has 1 N–H and O–H groups in total. The number of ether oxygens (including phenoxy) is 1. The number of halogens is 2. The predicted molar refractivity (Wildman–Crippen MR) is 175 cm³/mol. The molecule has 0 spiro atoms. The first kappa shape index (κ1) is 33.6. The van der Waals surface area contributed by atoms with E-state index in [1.165, 1.54) is 24.1 Å². The van der Waals surface area contributed by atoms with E-state index >= 15 is 0 Å². The van der Waals surface area contributed by atoms with E-state index in [1.54, 1.807) is 48.5 Å². The summed E-state index contributed by atoms with van der Waals surface area (Å²) in [6.07, 6.45) is 4.18. The Kier molecular flexibility index (Phi) is 11.2. The summed E-state index contributed by atoms with van der Waals surface area (Å²) in [5, 5.41) is 3.79. The Morgan fingerprint density at radius 2 is 1.61 bits per heavy atom. The average Bonchev–Trinajstić information content (AvgIpc) is 3.50. The van der Waals surface area contributed by atoms with Crippen molar-refractivity contribution in [1.82, 2.24) is 10.2 Å². The van der Waals surface area contributed by atoms with Crippen molar-refractivity contribution in [2.45, 2.75) is 76.4 Å². The summed E-state index contributed by atoms with van der Waals surface area (Å²) in [6, 6.07) is 15.8. The number of anilines is 1. The Morgan fingerprint density at radius 3 is 2.23 bits per heavy atom. The van der Waals surface area contributed by atoms with E-state index in [0.29, 0.717) is 27.8 Å². The summed E-state index contributed by atoms with van der Waals surface area (Å²) >= 11 is 12.5. The number of rotatable bonds is 12. The van der Waals surface area contributed by atoms with E-state index in [1.807, 2.05) is 20.8 Å². The molecule has 1 aliphatic carbocycles. The zero-order valence-corrected chi connectivity index (χ0v) is 27.8. The number of carbonyl (C=O) groups is 2. The van der Waals surface area contributed by atoms with Crippen LogP contribution in [0.1, 0.15) is 55.7 Å². The van der Waals surface area contributed by atoms with Crippen LogP contribution < -0.4 is 14.4 Å². The molecule has 44 heavy (non-hydrogen) atoms. The Bertz CT molecular complexity index is 1590. The van der Waals surface area contributed by atoms with Crippen molar-refractivity contribution in [3.63, 3.8) is 0 Å². The molecule has 0 bridgehead atoms. The molecule has 3 aromatic rings. The molecule has 0 aliphatic heterocycles. The largest absolute Gasteiger partial charge is 0.495 e. The molecule has 2 amide bonds. The highest BCUT2D eigenvalue weighted by atomic mass is 35.5. The summed E-state index contributed by atoms with van der Waals surface area (Å²) in [5.74, 6) is -0.529. The number of hydrogen-bond donors (Lipinski definition) is 1. The van der Waals surface area contributed by atoms with Crippen molar-refractivity contribution in [2.75, 3.05) is 18.0 Å². The SMILES string of the molecule is CCC(C(=O)NC1CCCC1)N(Cc1ccc(Cl)c(Cl)c1)C(=O)CN(c1cc(C)ccc1OC)S(=O)(=O)c1ccc(C)cc1. The molecule has 1 atom stereocenters.